The molecule has 7 heteroatoms. The second kappa shape index (κ2) is 5.57. The SMILES string of the molecule is CCc1nc([C@@H]2CCCN2C(=O)c2cccc3c2OCO3)no1. The third-order valence-corrected chi connectivity index (χ3v) is 4.22. The van der Waals surface area contributed by atoms with Crippen molar-refractivity contribution in [2.75, 3.05) is 13.3 Å². The number of amides is 1. The average Bonchev–Trinajstić information content (AvgIpc) is 3.31. The van der Waals surface area contributed by atoms with Gasteiger partial charge in [0.2, 0.25) is 12.7 Å². The highest BCUT2D eigenvalue weighted by Crippen LogP contribution is 2.38. The monoisotopic (exact) mass is 315 g/mol. The first-order chi connectivity index (χ1) is 11.3. The Kier molecular flexibility index (Phi) is 3.40. The highest BCUT2D eigenvalue weighted by Gasteiger charge is 2.36. The van der Waals surface area contributed by atoms with E-state index >= 15 is 0 Å². The van der Waals surface area contributed by atoms with Gasteiger partial charge in [-0.25, -0.2) is 0 Å². The molecule has 1 aromatic heterocycles. The van der Waals surface area contributed by atoms with E-state index in [-0.39, 0.29) is 18.7 Å². The lowest BCUT2D eigenvalue weighted by atomic mass is 10.1. The Hall–Kier alpha value is -2.57. The number of aryl methyl sites for hydroxylation is 1. The number of hydrogen-bond acceptors (Lipinski definition) is 6. The van der Waals surface area contributed by atoms with Crippen LogP contribution in [0.25, 0.3) is 0 Å². The van der Waals surface area contributed by atoms with E-state index < -0.39 is 0 Å². The van der Waals surface area contributed by atoms with Gasteiger partial charge in [-0.05, 0) is 25.0 Å². The molecule has 2 aromatic rings. The summed E-state index contributed by atoms with van der Waals surface area (Å²) in [5.74, 6) is 2.22. The van der Waals surface area contributed by atoms with Gasteiger partial charge in [-0.3, -0.25) is 4.79 Å². The third kappa shape index (κ3) is 2.32. The number of rotatable bonds is 3. The second-order valence-electron chi connectivity index (χ2n) is 5.60. The van der Waals surface area contributed by atoms with E-state index in [2.05, 4.69) is 10.1 Å². The van der Waals surface area contributed by atoms with Crippen molar-refractivity contribution in [2.24, 2.45) is 0 Å². The first-order valence-electron chi connectivity index (χ1n) is 7.80. The number of hydrogen-bond donors (Lipinski definition) is 0. The maximum absolute atomic E-state index is 13.0. The van der Waals surface area contributed by atoms with Crippen LogP contribution in [0.4, 0.5) is 0 Å². The maximum Gasteiger partial charge on any atom is 0.258 e. The zero-order chi connectivity index (χ0) is 15.8. The number of fused-ring (bicyclic) bond motifs is 1. The Labute approximate surface area is 133 Å². The van der Waals surface area contributed by atoms with Gasteiger partial charge in [-0.1, -0.05) is 18.1 Å². The summed E-state index contributed by atoms with van der Waals surface area (Å²) in [4.78, 5) is 19.1. The minimum Gasteiger partial charge on any atom is -0.454 e. The van der Waals surface area contributed by atoms with Crippen molar-refractivity contribution in [3.63, 3.8) is 0 Å². The molecule has 0 N–H and O–H groups in total. The summed E-state index contributed by atoms with van der Waals surface area (Å²) in [5, 5.41) is 4.03. The van der Waals surface area contributed by atoms with E-state index in [1.807, 2.05) is 6.92 Å². The summed E-state index contributed by atoms with van der Waals surface area (Å²) < 4.78 is 16.0. The van der Waals surface area contributed by atoms with Crippen LogP contribution in [0.2, 0.25) is 0 Å². The predicted molar refractivity (Wildman–Crippen MR) is 79.3 cm³/mol. The van der Waals surface area contributed by atoms with Crippen molar-refractivity contribution < 1.29 is 18.8 Å². The minimum absolute atomic E-state index is 0.0855. The summed E-state index contributed by atoms with van der Waals surface area (Å²) in [5.41, 5.74) is 0.520. The lowest BCUT2D eigenvalue weighted by Crippen LogP contribution is -2.31. The minimum atomic E-state index is -0.148. The van der Waals surface area contributed by atoms with E-state index in [0.29, 0.717) is 41.7 Å². The molecule has 0 unspecified atom stereocenters. The van der Waals surface area contributed by atoms with E-state index in [0.717, 1.165) is 12.8 Å². The molecule has 1 amide bonds. The molecule has 0 bridgehead atoms. The predicted octanol–water partition coefficient (Wildman–Crippen LogP) is 2.34. The van der Waals surface area contributed by atoms with Crippen LogP contribution in [0.5, 0.6) is 11.5 Å². The molecule has 4 rings (SSSR count). The smallest absolute Gasteiger partial charge is 0.258 e. The van der Waals surface area contributed by atoms with Crippen molar-refractivity contribution >= 4 is 5.91 Å². The summed E-state index contributed by atoms with van der Waals surface area (Å²) in [6.07, 6.45) is 2.44. The first kappa shape index (κ1) is 14.0. The Balaban J connectivity index is 1.64. The van der Waals surface area contributed by atoms with Crippen LogP contribution in [0.1, 0.15) is 47.9 Å². The number of carbonyl (C=O) groups excluding carboxylic acids is 1. The number of aromatic nitrogens is 2. The number of benzene rings is 1. The van der Waals surface area contributed by atoms with E-state index in [9.17, 15) is 4.79 Å². The molecule has 1 fully saturated rings. The molecule has 0 radical (unpaired) electrons. The van der Waals surface area contributed by atoms with Gasteiger partial charge < -0.3 is 18.9 Å². The topological polar surface area (TPSA) is 77.7 Å². The largest absolute Gasteiger partial charge is 0.454 e. The number of carbonyl (C=O) groups is 1. The van der Waals surface area contributed by atoms with Crippen LogP contribution in [-0.2, 0) is 6.42 Å². The Bertz CT molecular complexity index is 743. The fourth-order valence-corrected chi connectivity index (χ4v) is 3.08. The van der Waals surface area contributed by atoms with Crippen LogP contribution in [0.3, 0.4) is 0 Å². The molecule has 1 aromatic carbocycles. The van der Waals surface area contributed by atoms with Crippen LogP contribution >= 0.6 is 0 Å². The van der Waals surface area contributed by atoms with Gasteiger partial charge in [-0.15, -0.1) is 0 Å². The van der Waals surface area contributed by atoms with Crippen LogP contribution < -0.4 is 9.47 Å². The summed E-state index contributed by atoms with van der Waals surface area (Å²) in [6.45, 7) is 2.78. The summed E-state index contributed by atoms with van der Waals surface area (Å²) >= 11 is 0. The van der Waals surface area contributed by atoms with Gasteiger partial charge in [0, 0.05) is 13.0 Å². The zero-order valence-electron chi connectivity index (χ0n) is 12.8. The molecule has 3 heterocycles. The quantitative estimate of drug-likeness (QED) is 0.865. The number of ether oxygens (including phenoxy) is 2. The Morgan fingerprint density at radius 3 is 3.13 bits per heavy atom. The van der Waals surface area contributed by atoms with E-state index in [4.69, 9.17) is 14.0 Å². The van der Waals surface area contributed by atoms with Crippen molar-refractivity contribution in [3.05, 3.63) is 35.5 Å². The van der Waals surface area contributed by atoms with Gasteiger partial charge in [0.1, 0.15) is 0 Å². The van der Waals surface area contributed by atoms with Crippen molar-refractivity contribution in [3.8, 4) is 11.5 Å². The summed E-state index contributed by atoms with van der Waals surface area (Å²) in [7, 11) is 0. The van der Waals surface area contributed by atoms with Crippen molar-refractivity contribution in [1.82, 2.24) is 15.0 Å². The molecule has 0 spiro atoms. The molecule has 2 aliphatic heterocycles. The highest BCUT2D eigenvalue weighted by molar-refractivity contribution is 5.98. The number of nitrogens with zero attached hydrogens (tertiary/aromatic N) is 3. The average molecular weight is 315 g/mol. The standard InChI is InChI=1S/C16H17N3O4/c1-2-13-17-15(18-23-13)11-6-4-8-19(11)16(20)10-5-3-7-12-14(10)22-9-21-12/h3,5,7,11H,2,4,6,8-9H2,1H3/t11-/m0/s1. The van der Waals surface area contributed by atoms with Gasteiger partial charge >= 0.3 is 0 Å². The van der Waals surface area contributed by atoms with Crippen molar-refractivity contribution in [2.45, 2.75) is 32.2 Å². The van der Waals surface area contributed by atoms with Gasteiger partial charge in [-0.2, -0.15) is 4.98 Å². The molecule has 7 nitrogen and oxygen atoms in total. The number of para-hydroxylation sites is 1. The van der Waals surface area contributed by atoms with Gasteiger partial charge in [0.15, 0.2) is 17.3 Å². The van der Waals surface area contributed by atoms with Crippen molar-refractivity contribution in [1.29, 1.82) is 0 Å². The fraction of sp³-hybridized carbons (Fsp3) is 0.438. The van der Waals surface area contributed by atoms with Gasteiger partial charge in [0.05, 0.1) is 11.6 Å². The lowest BCUT2D eigenvalue weighted by molar-refractivity contribution is 0.0723. The van der Waals surface area contributed by atoms with Crippen LogP contribution in [0, 0.1) is 0 Å². The van der Waals surface area contributed by atoms with E-state index in [1.54, 1.807) is 23.1 Å². The fourth-order valence-electron chi connectivity index (χ4n) is 3.08. The molecule has 0 aliphatic carbocycles. The summed E-state index contributed by atoms with van der Waals surface area (Å²) in [6, 6.07) is 5.21. The second-order valence-corrected chi connectivity index (χ2v) is 5.60. The molecule has 0 saturated carbocycles. The maximum atomic E-state index is 13.0. The first-order valence-corrected chi connectivity index (χ1v) is 7.80. The highest BCUT2D eigenvalue weighted by atomic mass is 16.7. The Morgan fingerprint density at radius 2 is 2.30 bits per heavy atom. The molecular formula is C16H17N3O4. The zero-order valence-corrected chi connectivity index (χ0v) is 12.8. The normalized spacial score (nSPS) is 19.3. The molecular weight excluding hydrogens is 298 g/mol. The lowest BCUT2D eigenvalue weighted by Gasteiger charge is -2.22. The van der Waals surface area contributed by atoms with E-state index in [1.165, 1.54) is 0 Å². The molecule has 1 saturated heterocycles. The third-order valence-electron chi connectivity index (χ3n) is 4.22. The molecule has 120 valence electrons. The van der Waals surface area contributed by atoms with Crippen LogP contribution in [-0.4, -0.2) is 34.3 Å². The molecule has 1 atom stereocenters. The number of likely N-dealkylation sites (tertiary alicyclic amines) is 1. The molecule has 2 aliphatic rings. The van der Waals surface area contributed by atoms with Crippen LogP contribution in [0.15, 0.2) is 22.7 Å². The Morgan fingerprint density at radius 1 is 1.39 bits per heavy atom. The van der Waals surface area contributed by atoms with Gasteiger partial charge in [0.25, 0.3) is 5.91 Å². The molecule has 23 heavy (non-hydrogen) atoms.